The highest BCUT2D eigenvalue weighted by Crippen LogP contribution is 2.23. The lowest BCUT2D eigenvalue weighted by atomic mass is 10.1. The fraction of sp³-hybridized carbons (Fsp3) is 0.111. The summed E-state index contributed by atoms with van der Waals surface area (Å²) in [7, 11) is 1.50. The lowest BCUT2D eigenvalue weighted by molar-refractivity contribution is 0.0999. The Labute approximate surface area is 94.8 Å². The van der Waals surface area contributed by atoms with Crippen LogP contribution in [0.15, 0.2) is 12.1 Å². The van der Waals surface area contributed by atoms with Crippen LogP contribution in [0.2, 0.25) is 0 Å². The second-order valence-corrected chi connectivity index (χ2v) is 3.67. The molecule has 1 rings (SSSR count). The molecule has 0 saturated carbocycles. The topological polar surface area (TPSA) is 76.1 Å². The molecule has 0 radical (unpaired) electrons. The Morgan fingerprint density at radius 1 is 1.64 bits per heavy atom. The van der Waals surface area contributed by atoms with Gasteiger partial charge in [-0.25, -0.2) is 0 Å². The van der Waals surface area contributed by atoms with Gasteiger partial charge in [0.1, 0.15) is 11.8 Å². The molecule has 2 N–H and O–H groups in total. The van der Waals surface area contributed by atoms with E-state index in [2.05, 4.69) is 0 Å². The van der Waals surface area contributed by atoms with Crippen molar-refractivity contribution < 1.29 is 9.53 Å². The molecule has 5 heteroatoms. The van der Waals surface area contributed by atoms with E-state index in [0.717, 1.165) is 0 Å². The van der Waals surface area contributed by atoms with E-state index in [9.17, 15) is 4.79 Å². The number of rotatable bonds is 2. The first kappa shape index (κ1) is 10.8. The van der Waals surface area contributed by atoms with Crippen LogP contribution < -0.4 is 10.5 Å². The van der Waals surface area contributed by atoms with Crippen molar-refractivity contribution in [2.24, 2.45) is 5.73 Å². The largest absolute Gasteiger partial charge is 0.497 e. The number of methoxy groups -OCH3 is 1. The molecule has 4 nitrogen and oxygen atoms in total. The summed E-state index contributed by atoms with van der Waals surface area (Å²) in [6, 6.07) is 5.05. The zero-order valence-electron chi connectivity index (χ0n) is 7.37. The highest BCUT2D eigenvalue weighted by Gasteiger charge is 2.13. The van der Waals surface area contributed by atoms with Crippen molar-refractivity contribution >= 4 is 28.5 Å². The first-order chi connectivity index (χ1) is 6.60. The summed E-state index contributed by atoms with van der Waals surface area (Å²) in [6.45, 7) is 0. The highest BCUT2D eigenvalue weighted by molar-refractivity contribution is 14.1. The number of benzene rings is 1. The normalized spacial score (nSPS) is 9.21. The van der Waals surface area contributed by atoms with Crippen molar-refractivity contribution in [3.05, 3.63) is 26.8 Å². The summed E-state index contributed by atoms with van der Waals surface area (Å²) in [5.41, 5.74) is 5.63. The molecular formula is C9H7IN2O2. The minimum absolute atomic E-state index is 0.237. The smallest absolute Gasteiger partial charge is 0.251 e. The number of hydrogen-bond acceptors (Lipinski definition) is 3. The third-order valence-electron chi connectivity index (χ3n) is 1.67. The lowest BCUT2D eigenvalue weighted by Crippen LogP contribution is -2.15. The fourth-order valence-electron chi connectivity index (χ4n) is 1.04. The van der Waals surface area contributed by atoms with E-state index in [0.29, 0.717) is 9.32 Å². The molecule has 0 aliphatic heterocycles. The van der Waals surface area contributed by atoms with Crippen molar-refractivity contribution in [1.82, 2.24) is 0 Å². The summed E-state index contributed by atoms with van der Waals surface area (Å²) in [4.78, 5) is 11.0. The first-order valence-electron chi connectivity index (χ1n) is 3.67. The van der Waals surface area contributed by atoms with Crippen molar-refractivity contribution in [2.45, 2.75) is 0 Å². The van der Waals surface area contributed by atoms with Crippen LogP contribution >= 0.6 is 22.6 Å². The molecule has 1 amide bonds. The summed E-state index contributed by atoms with van der Waals surface area (Å²) >= 11 is 1.94. The Balaban J connectivity index is 3.44. The average Bonchev–Trinajstić information content (AvgIpc) is 2.15. The Morgan fingerprint density at radius 3 is 2.71 bits per heavy atom. The minimum atomic E-state index is -0.603. The van der Waals surface area contributed by atoms with Gasteiger partial charge in [-0.3, -0.25) is 4.79 Å². The standard InChI is InChI=1S/C9H7IN2O2/c1-14-6-2-5(4-11)8(9(12)13)7(10)3-6/h2-3H,1H3,(H2,12,13). The Kier molecular flexibility index (Phi) is 3.30. The number of nitrogens with zero attached hydrogens (tertiary/aromatic N) is 1. The van der Waals surface area contributed by atoms with Gasteiger partial charge < -0.3 is 10.5 Å². The van der Waals surface area contributed by atoms with Crippen LogP contribution in [0.1, 0.15) is 15.9 Å². The van der Waals surface area contributed by atoms with Crippen molar-refractivity contribution in [3.63, 3.8) is 0 Å². The maximum atomic E-state index is 11.0. The van der Waals surface area contributed by atoms with Gasteiger partial charge in [0.15, 0.2) is 0 Å². The molecular weight excluding hydrogens is 295 g/mol. The summed E-state index contributed by atoms with van der Waals surface area (Å²) in [5, 5.41) is 8.80. The molecule has 0 aliphatic carbocycles. The molecule has 0 saturated heterocycles. The van der Waals surface area contributed by atoms with Crippen LogP contribution in [-0.2, 0) is 0 Å². The molecule has 0 heterocycles. The molecule has 0 fully saturated rings. The van der Waals surface area contributed by atoms with Gasteiger partial charge in [-0.2, -0.15) is 5.26 Å². The van der Waals surface area contributed by atoms with Gasteiger partial charge in [0, 0.05) is 3.57 Å². The molecule has 0 aromatic heterocycles. The van der Waals surface area contributed by atoms with E-state index in [-0.39, 0.29) is 11.1 Å². The van der Waals surface area contributed by atoms with Gasteiger partial charge in [0.25, 0.3) is 5.91 Å². The predicted molar refractivity (Wildman–Crippen MR) is 58.9 cm³/mol. The number of ether oxygens (including phenoxy) is 1. The van der Waals surface area contributed by atoms with Gasteiger partial charge in [-0.05, 0) is 34.7 Å². The SMILES string of the molecule is COc1cc(I)c(C(N)=O)c(C#N)c1. The molecule has 0 atom stereocenters. The summed E-state index contributed by atoms with van der Waals surface area (Å²) in [6.07, 6.45) is 0. The van der Waals surface area contributed by atoms with E-state index in [1.807, 2.05) is 28.7 Å². The Bertz CT molecular complexity index is 424. The van der Waals surface area contributed by atoms with E-state index in [1.54, 1.807) is 6.07 Å². The monoisotopic (exact) mass is 302 g/mol. The second-order valence-electron chi connectivity index (χ2n) is 2.51. The molecule has 0 aliphatic rings. The molecule has 0 unspecified atom stereocenters. The third-order valence-corrected chi connectivity index (χ3v) is 2.52. The van der Waals surface area contributed by atoms with Gasteiger partial charge in [-0.15, -0.1) is 0 Å². The number of carbonyl (C=O) groups is 1. The lowest BCUT2D eigenvalue weighted by Gasteiger charge is -2.05. The van der Waals surface area contributed by atoms with Gasteiger partial charge in [0.05, 0.1) is 18.2 Å². The van der Waals surface area contributed by atoms with Crippen molar-refractivity contribution in [1.29, 1.82) is 5.26 Å². The van der Waals surface area contributed by atoms with Gasteiger partial charge in [-0.1, -0.05) is 0 Å². The zero-order chi connectivity index (χ0) is 10.7. The Hall–Kier alpha value is -1.29. The number of primary amides is 1. The van der Waals surface area contributed by atoms with Gasteiger partial charge in [0.2, 0.25) is 0 Å². The van der Waals surface area contributed by atoms with Crippen LogP contribution in [-0.4, -0.2) is 13.0 Å². The van der Waals surface area contributed by atoms with Crippen LogP contribution in [0, 0.1) is 14.9 Å². The van der Waals surface area contributed by atoms with E-state index in [1.165, 1.54) is 13.2 Å². The van der Waals surface area contributed by atoms with Gasteiger partial charge >= 0.3 is 0 Å². The molecule has 0 spiro atoms. The van der Waals surface area contributed by atoms with Crippen LogP contribution in [0.3, 0.4) is 0 Å². The number of nitrogens with two attached hydrogens (primary N) is 1. The summed E-state index contributed by atoms with van der Waals surface area (Å²) < 4.78 is 5.58. The molecule has 72 valence electrons. The number of amides is 1. The molecule has 1 aromatic carbocycles. The van der Waals surface area contributed by atoms with Crippen molar-refractivity contribution in [2.75, 3.05) is 7.11 Å². The van der Waals surface area contributed by atoms with E-state index in [4.69, 9.17) is 15.7 Å². The molecule has 0 bridgehead atoms. The zero-order valence-corrected chi connectivity index (χ0v) is 9.53. The molecule has 14 heavy (non-hydrogen) atoms. The highest BCUT2D eigenvalue weighted by atomic mass is 127. The number of carbonyl (C=O) groups excluding carboxylic acids is 1. The maximum absolute atomic E-state index is 11.0. The maximum Gasteiger partial charge on any atom is 0.251 e. The quantitative estimate of drug-likeness (QED) is 0.836. The average molecular weight is 302 g/mol. The number of nitriles is 1. The van der Waals surface area contributed by atoms with Crippen molar-refractivity contribution in [3.8, 4) is 11.8 Å². The fourth-order valence-corrected chi connectivity index (χ4v) is 1.90. The minimum Gasteiger partial charge on any atom is -0.497 e. The first-order valence-corrected chi connectivity index (χ1v) is 4.75. The number of hydrogen-bond donors (Lipinski definition) is 1. The van der Waals surface area contributed by atoms with Crippen LogP contribution in [0.5, 0.6) is 5.75 Å². The van der Waals surface area contributed by atoms with E-state index < -0.39 is 5.91 Å². The molecule has 1 aromatic rings. The number of halogens is 1. The van der Waals surface area contributed by atoms with E-state index >= 15 is 0 Å². The van der Waals surface area contributed by atoms with Crippen LogP contribution in [0.25, 0.3) is 0 Å². The van der Waals surface area contributed by atoms with Crippen LogP contribution in [0.4, 0.5) is 0 Å². The summed E-state index contributed by atoms with van der Waals surface area (Å²) in [5.74, 6) is -0.0652. The Morgan fingerprint density at radius 2 is 2.29 bits per heavy atom. The predicted octanol–water partition coefficient (Wildman–Crippen LogP) is 1.27. The second kappa shape index (κ2) is 4.28. The third kappa shape index (κ3) is 1.96.